The van der Waals surface area contributed by atoms with E-state index in [2.05, 4.69) is 19.2 Å². The lowest BCUT2D eigenvalue weighted by molar-refractivity contribution is -0.125. The van der Waals surface area contributed by atoms with Crippen LogP contribution >= 0.6 is 0 Å². The van der Waals surface area contributed by atoms with Crippen molar-refractivity contribution < 1.29 is 9.90 Å². The van der Waals surface area contributed by atoms with Crippen molar-refractivity contribution in [3.8, 4) is 6.19 Å². The minimum absolute atomic E-state index is 0.0887. The molecule has 17 heavy (non-hydrogen) atoms. The van der Waals surface area contributed by atoms with Gasteiger partial charge < -0.3 is 10.4 Å². The first-order chi connectivity index (χ1) is 7.99. The Balaban J connectivity index is 2.56. The van der Waals surface area contributed by atoms with Gasteiger partial charge in [0.25, 0.3) is 0 Å². The third-order valence-electron chi connectivity index (χ3n) is 3.58. The molecule has 0 bridgehead atoms. The zero-order valence-corrected chi connectivity index (χ0v) is 10.7. The van der Waals surface area contributed by atoms with E-state index in [-0.39, 0.29) is 18.5 Å². The molecular weight excluding hydrogens is 218 g/mol. The lowest BCUT2D eigenvalue weighted by Gasteiger charge is -2.24. The van der Waals surface area contributed by atoms with Crippen LogP contribution < -0.4 is 5.32 Å². The Kier molecular flexibility index (Phi) is 4.76. The summed E-state index contributed by atoms with van der Waals surface area (Å²) in [4.78, 5) is 13.3. The Hall–Kier alpha value is -1.28. The van der Waals surface area contributed by atoms with Crippen LogP contribution in [0.15, 0.2) is 0 Å². The first kappa shape index (κ1) is 13.8. The number of amides is 1. The molecule has 0 aromatic carbocycles. The Morgan fingerprint density at radius 2 is 2.29 bits per heavy atom. The standard InChI is InChI=1S/C12H21N3O2/c1-4-8(2)9(3)14-12(17)11-5-10(16)6-15(11)7-13/h8-11,16H,4-6H2,1-3H3,(H,14,17)/t8-,9?,10+,11+/m0/s1. The summed E-state index contributed by atoms with van der Waals surface area (Å²) < 4.78 is 0. The van der Waals surface area contributed by atoms with Gasteiger partial charge in [-0.1, -0.05) is 20.3 Å². The fourth-order valence-corrected chi connectivity index (χ4v) is 1.99. The van der Waals surface area contributed by atoms with E-state index in [1.165, 1.54) is 4.90 Å². The third kappa shape index (κ3) is 3.34. The Labute approximate surface area is 102 Å². The molecule has 1 saturated heterocycles. The van der Waals surface area contributed by atoms with E-state index in [9.17, 15) is 9.90 Å². The van der Waals surface area contributed by atoms with Crippen LogP contribution in [0.5, 0.6) is 0 Å². The molecule has 0 aromatic rings. The van der Waals surface area contributed by atoms with Crippen molar-refractivity contribution >= 4 is 5.91 Å². The molecule has 0 radical (unpaired) electrons. The number of carbonyl (C=O) groups is 1. The van der Waals surface area contributed by atoms with E-state index >= 15 is 0 Å². The van der Waals surface area contributed by atoms with Crippen LogP contribution in [0.2, 0.25) is 0 Å². The molecular formula is C12H21N3O2. The average Bonchev–Trinajstić information content (AvgIpc) is 2.69. The molecule has 0 spiro atoms. The Morgan fingerprint density at radius 1 is 1.65 bits per heavy atom. The summed E-state index contributed by atoms with van der Waals surface area (Å²) >= 11 is 0. The summed E-state index contributed by atoms with van der Waals surface area (Å²) in [7, 11) is 0. The van der Waals surface area contributed by atoms with Gasteiger partial charge in [0.05, 0.1) is 12.6 Å². The molecule has 0 saturated carbocycles. The van der Waals surface area contributed by atoms with Crippen LogP contribution in [-0.4, -0.2) is 40.6 Å². The summed E-state index contributed by atoms with van der Waals surface area (Å²) in [6.45, 7) is 6.38. The molecule has 4 atom stereocenters. The molecule has 0 aliphatic carbocycles. The number of nitrogens with one attached hydrogen (secondary N) is 1. The number of aliphatic hydroxyl groups is 1. The van der Waals surface area contributed by atoms with Crippen LogP contribution in [0, 0.1) is 17.4 Å². The lowest BCUT2D eigenvalue weighted by Crippen LogP contribution is -2.46. The van der Waals surface area contributed by atoms with Crippen molar-refractivity contribution in [2.24, 2.45) is 5.92 Å². The minimum atomic E-state index is -0.579. The topological polar surface area (TPSA) is 76.4 Å². The molecule has 96 valence electrons. The summed E-state index contributed by atoms with van der Waals surface area (Å²) in [5.74, 6) is 0.247. The molecule has 5 nitrogen and oxygen atoms in total. The minimum Gasteiger partial charge on any atom is -0.391 e. The SMILES string of the molecule is CC[C@H](C)C(C)NC(=O)[C@H]1C[C@@H](O)CN1C#N. The van der Waals surface area contributed by atoms with Gasteiger partial charge in [-0.05, 0) is 12.8 Å². The van der Waals surface area contributed by atoms with Crippen LogP contribution in [0.25, 0.3) is 0 Å². The highest BCUT2D eigenvalue weighted by Gasteiger charge is 2.36. The fourth-order valence-electron chi connectivity index (χ4n) is 1.99. The second-order valence-electron chi connectivity index (χ2n) is 4.84. The molecule has 1 amide bonds. The second kappa shape index (κ2) is 5.87. The van der Waals surface area contributed by atoms with Gasteiger partial charge in [0.1, 0.15) is 6.04 Å². The zero-order chi connectivity index (χ0) is 13.0. The van der Waals surface area contributed by atoms with Gasteiger partial charge in [-0.3, -0.25) is 9.69 Å². The van der Waals surface area contributed by atoms with Gasteiger partial charge in [0, 0.05) is 12.5 Å². The van der Waals surface area contributed by atoms with Gasteiger partial charge in [-0.25, -0.2) is 0 Å². The second-order valence-corrected chi connectivity index (χ2v) is 4.84. The van der Waals surface area contributed by atoms with Crippen molar-refractivity contribution in [3.63, 3.8) is 0 Å². The molecule has 1 fully saturated rings. The lowest BCUT2D eigenvalue weighted by atomic mass is 10.0. The predicted octanol–water partition coefficient (Wildman–Crippen LogP) is 0.453. The van der Waals surface area contributed by atoms with Gasteiger partial charge in [-0.15, -0.1) is 0 Å². The maximum Gasteiger partial charge on any atom is 0.243 e. The molecule has 2 N–H and O–H groups in total. The highest BCUT2D eigenvalue weighted by Crippen LogP contribution is 2.17. The van der Waals surface area contributed by atoms with Crippen LogP contribution in [0.1, 0.15) is 33.6 Å². The number of carbonyl (C=O) groups excluding carboxylic acids is 1. The third-order valence-corrected chi connectivity index (χ3v) is 3.58. The van der Waals surface area contributed by atoms with Crippen LogP contribution in [-0.2, 0) is 4.79 Å². The molecule has 5 heteroatoms. The number of hydrogen-bond acceptors (Lipinski definition) is 4. The van der Waals surface area contributed by atoms with Crippen LogP contribution in [0.4, 0.5) is 0 Å². The maximum atomic E-state index is 12.0. The number of aliphatic hydroxyl groups excluding tert-OH is 1. The predicted molar refractivity (Wildman–Crippen MR) is 63.8 cm³/mol. The quantitative estimate of drug-likeness (QED) is 0.698. The van der Waals surface area contributed by atoms with Crippen molar-refractivity contribution in [2.45, 2.75) is 51.8 Å². The number of β-amino-alcohol motifs (C(OH)–C–C–N with tert-alkyl or cyclic N) is 1. The summed E-state index contributed by atoms with van der Waals surface area (Å²) in [5, 5.41) is 21.3. The smallest absolute Gasteiger partial charge is 0.243 e. The van der Waals surface area contributed by atoms with E-state index in [1.54, 1.807) is 0 Å². The highest BCUT2D eigenvalue weighted by atomic mass is 16.3. The summed E-state index contributed by atoms with van der Waals surface area (Å²) in [6.07, 6.45) is 2.71. The van der Waals surface area contributed by atoms with Crippen molar-refractivity contribution in [2.75, 3.05) is 6.54 Å². The maximum absolute atomic E-state index is 12.0. The molecule has 1 aliphatic rings. The van der Waals surface area contributed by atoms with E-state index in [4.69, 9.17) is 5.26 Å². The molecule has 1 unspecified atom stereocenters. The van der Waals surface area contributed by atoms with Gasteiger partial charge in [0.15, 0.2) is 6.19 Å². The van der Waals surface area contributed by atoms with Crippen molar-refractivity contribution in [1.29, 1.82) is 5.26 Å². The first-order valence-electron chi connectivity index (χ1n) is 6.14. The van der Waals surface area contributed by atoms with Gasteiger partial charge >= 0.3 is 0 Å². The van der Waals surface area contributed by atoms with E-state index < -0.39 is 12.1 Å². The molecule has 1 heterocycles. The van der Waals surface area contributed by atoms with Crippen LogP contribution in [0.3, 0.4) is 0 Å². The number of nitrogens with zero attached hydrogens (tertiary/aromatic N) is 2. The van der Waals surface area contributed by atoms with Crippen molar-refractivity contribution in [1.82, 2.24) is 10.2 Å². The van der Waals surface area contributed by atoms with E-state index in [0.717, 1.165) is 6.42 Å². The van der Waals surface area contributed by atoms with Crippen molar-refractivity contribution in [3.05, 3.63) is 0 Å². The molecule has 1 aliphatic heterocycles. The average molecular weight is 239 g/mol. The van der Waals surface area contributed by atoms with Gasteiger partial charge in [0.2, 0.25) is 5.91 Å². The number of likely N-dealkylation sites (tertiary alicyclic amines) is 1. The summed E-state index contributed by atoms with van der Waals surface area (Å²) in [5.41, 5.74) is 0. The number of rotatable bonds is 4. The normalized spacial score (nSPS) is 27.4. The Bertz CT molecular complexity index is 313. The first-order valence-corrected chi connectivity index (χ1v) is 6.14. The zero-order valence-electron chi connectivity index (χ0n) is 10.7. The molecule has 0 aromatic heterocycles. The number of hydrogen-bond donors (Lipinski definition) is 2. The number of nitriles is 1. The monoisotopic (exact) mass is 239 g/mol. The summed E-state index contributed by atoms with van der Waals surface area (Å²) in [6, 6.07) is -0.424. The van der Waals surface area contributed by atoms with Gasteiger partial charge in [-0.2, -0.15) is 5.26 Å². The largest absolute Gasteiger partial charge is 0.391 e. The highest BCUT2D eigenvalue weighted by molar-refractivity contribution is 5.82. The van der Waals surface area contributed by atoms with E-state index in [1.807, 2.05) is 13.1 Å². The molecule has 1 rings (SSSR count). The fraction of sp³-hybridized carbons (Fsp3) is 0.833. The Morgan fingerprint density at radius 3 is 2.82 bits per heavy atom. The van der Waals surface area contributed by atoms with E-state index in [0.29, 0.717) is 12.3 Å².